The average molecular weight is 561 g/mol. The highest BCUT2D eigenvalue weighted by Gasteiger charge is 2.41. The predicted molar refractivity (Wildman–Crippen MR) is 157 cm³/mol. The molecule has 0 aliphatic carbocycles. The molecule has 0 fully saturated rings. The number of hydrogen-bond donors (Lipinski definition) is 0. The maximum Gasteiger partial charge on any atom is 0.284 e. The molecule has 1 heterocycles. The van der Waals surface area contributed by atoms with Gasteiger partial charge < -0.3 is 9.42 Å². The number of para-hydroxylation sites is 2. The molecule has 4 aromatic rings. The topological polar surface area (TPSA) is 59.0 Å². The van der Waals surface area contributed by atoms with E-state index in [2.05, 4.69) is 24.1 Å². The minimum Gasteiger partial charge on any atom is -0.448 e. The number of halogens is 1. The van der Waals surface area contributed by atoms with E-state index in [-0.39, 0.29) is 10.6 Å². The van der Waals surface area contributed by atoms with Crippen LogP contribution in [0.1, 0.15) is 25.0 Å². The van der Waals surface area contributed by atoms with Gasteiger partial charge >= 0.3 is 0 Å². The van der Waals surface area contributed by atoms with Crippen molar-refractivity contribution >= 4 is 28.3 Å². The first-order chi connectivity index (χ1) is 18.5. The first-order valence-electron chi connectivity index (χ1n) is 12.5. The van der Waals surface area contributed by atoms with Gasteiger partial charge in [-0.05, 0) is 55.0 Å². The van der Waals surface area contributed by atoms with E-state index in [1.807, 2.05) is 49.0 Å². The molecule has 0 spiro atoms. The zero-order chi connectivity index (χ0) is 27.8. The Morgan fingerprint density at radius 1 is 0.872 bits per heavy atom. The Bertz CT molecular complexity index is 1720. The molecule has 4 aromatic carbocycles. The van der Waals surface area contributed by atoms with E-state index >= 15 is 4.39 Å². The number of rotatable bonds is 6. The standard InChI is InChI=1S/C31H30FN2O3PS/c1-23-18-20-25(21-19-23)39(35,36)33-38(24-12-6-5-7-13-24,37-29-17-11-9-15-27(29)32)22-30-31(2,3)26-14-8-10-16-28(26)34(30)4/h5-22H,1-4H3/b30-22+. The molecule has 1 unspecified atom stereocenters. The van der Waals surface area contributed by atoms with E-state index in [0.717, 1.165) is 22.5 Å². The van der Waals surface area contributed by atoms with Crippen LogP contribution in [0.25, 0.3) is 0 Å². The van der Waals surface area contributed by atoms with Gasteiger partial charge in [0, 0.05) is 35.0 Å². The molecule has 0 N–H and O–H groups in total. The van der Waals surface area contributed by atoms with E-state index < -0.39 is 28.5 Å². The number of aryl methyl sites for hydroxylation is 1. The monoisotopic (exact) mass is 560 g/mol. The van der Waals surface area contributed by atoms with Crippen LogP contribution in [0.3, 0.4) is 0 Å². The fraction of sp³-hybridized carbons (Fsp3) is 0.161. The molecule has 39 heavy (non-hydrogen) atoms. The molecular formula is C31H30FN2O3PS. The lowest BCUT2D eigenvalue weighted by Crippen LogP contribution is -2.24. The van der Waals surface area contributed by atoms with Crippen molar-refractivity contribution in [2.45, 2.75) is 31.1 Å². The second kappa shape index (κ2) is 10.1. The molecule has 8 heteroatoms. The van der Waals surface area contributed by atoms with E-state index in [0.29, 0.717) is 5.30 Å². The number of nitrogens with zero attached hydrogens (tertiary/aromatic N) is 2. The first-order valence-corrected chi connectivity index (χ1v) is 15.7. The van der Waals surface area contributed by atoms with Gasteiger partial charge in [0.05, 0.1) is 4.90 Å². The maximum atomic E-state index is 15.1. The van der Waals surface area contributed by atoms with Crippen LogP contribution in [-0.4, -0.2) is 15.5 Å². The summed E-state index contributed by atoms with van der Waals surface area (Å²) in [7, 11) is -5.87. The maximum absolute atomic E-state index is 15.1. The Morgan fingerprint density at radius 3 is 2.15 bits per heavy atom. The highest BCUT2D eigenvalue weighted by Crippen LogP contribution is 2.58. The SMILES string of the molecule is Cc1ccc(S(=O)(=O)N=P(/C=C2/N(C)c3ccccc3C2(C)C)(Oc2ccccc2F)c2ccccc2)cc1. The van der Waals surface area contributed by atoms with Crippen molar-refractivity contribution in [3.63, 3.8) is 0 Å². The minimum atomic E-state index is -4.22. The Kier molecular flexibility index (Phi) is 7.00. The summed E-state index contributed by atoms with van der Waals surface area (Å²) in [6.45, 7) is 6.05. The summed E-state index contributed by atoms with van der Waals surface area (Å²) >= 11 is 0. The molecule has 5 nitrogen and oxygen atoms in total. The molecular weight excluding hydrogens is 530 g/mol. The Labute approximate surface area is 229 Å². The van der Waals surface area contributed by atoms with Crippen LogP contribution in [0.4, 0.5) is 10.1 Å². The Morgan fingerprint density at radius 2 is 1.49 bits per heavy atom. The zero-order valence-corrected chi connectivity index (χ0v) is 24.0. The van der Waals surface area contributed by atoms with Crippen molar-refractivity contribution in [3.05, 3.63) is 132 Å². The van der Waals surface area contributed by atoms with Crippen molar-refractivity contribution < 1.29 is 17.3 Å². The number of allylic oxidation sites excluding steroid dienone is 1. The van der Waals surface area contributed by atoms with Gasteiger partial charge in [0.2, 0.25) is 7.28 Å². The van der Waals surface area contributed by atoms with Crippen molar-refractivity contribution in [3.8, 4) is 5.75 Å². The van der Waals surface area contributed by atoms with E-state index in [9.17, 15) is 8.42 Å². The van der Waals surface area contributed by atoms with Gasteiger partial charge in [0.1, 0.15) is 0 Å². The molecule has 0 saturated heterocycles. The van der Waals surface area contributed by atoms with Gasteiger partial charge in [0.15, 0.2) is 11.6 Å². The average Bonchev–Trinajstić information content (AvgIpc) is 3.11. The van der Waals surface area contributed by atoms with E-state index in [1.54, 1.807) is 48.5 Å². The van der Waals surface area contributed by atoms with Crippen molar-refractivity contribution in [1.82, 2.24) is 0 Å². The minimum absolute atomic E-state index is 0.0475. The number of likely N-dealkylation sites (N-methyl/N-ethyl adjacent to an activating group) is 1. The third-order valence-electron chi connectivity index (χ3n) is 6.99. The van der Waals surface area contributed by atoms with E-state index in [1.165, 1.54) is 24.3 Å². The molecule has 200 valence electrons. The molecule has 0 bridgehead atoms. The highest BCUT2D eigenvalue weighted by molar-refractivity contribution is 7.95. The Balaban J connectivity index is 1.85. The molecule has 5 rings (SSSR count). The quantitative estimate of drug-likeness (QED) is 0.228. The predicted octanol–water partition coefficient (Wildman–Crippen LogP) is 7.61. The lowest BCUT2D eigenvalue weighted by atomic mass is 9.84. The van der Waals surface area contributed by atoms with Gasteiger partial charge in [-0.15, -0.1) is 4.15 Å². The number of anilines is 1. The van der Waals surface area contributed by atoms with Gasteiger partial charge in [-0.1, -0.05) is 80.1 Å². The summed E-state index contributed by atoms with van der Waals surface area (Å²) in [5, 5.41) is 0.552. The molecule has 1 aliphatic rings. The number of fused-ring (bicyclic) bond motifs is 1. The van der Waals surface area contributed by atoms with Gasteiger partial charge in [0.25, 0.3) is 10.0 Å². The normalized spacial score (nSPS) is 16.9. The fourth-order valence-corrected chi connectivity index (χ4v) is 9.88. The van der Waals surface area contributed by atoms with Crippen LogP contribution in [0, 0.1) is 12.7 Å². The van der Waals surface area contributed by atoms with Crippen LogP contribution >= 0.6 is 7.28 Å². The Hall–Kier alpha value is -3.67. The van der Waals surface area contributed by atoms with Gasteiger partial charge in [-0.25, -0.2) is 4.39 Å². The van der Waals surface area contributed by atoms with Crippen LogP contribution in [-0.2, 0) is 15.4 Å². The fourth-order valence-electron chi connectivity index (χ4n) is 4.86. The number of hydrogen-bond acceptors (Lipinski definition) is 4. The lowest BCUT2D eigenvalue weighted by Gasteiger charge is -2.29. The van der Waals surface area contributed by atoms with Crippen LogP contribution < -0.4 is 14.7 Å². The van der Waals surface area contributed by atoms with Crippen molar-refractivity contribution in [2.75, 3.05) is 11.9 Å². The molecule has 0 amide bonds. The van der Waals surface area contributed by atoms with E-state index in [4.69, 9.17) is 4.52 Å². The summed E-state index contributed by atoms with van der Waals surface area (Å²) < 4.78 is 53.9. The third-order valence-corrected chi connectivity index (χ3v) is 11.8. The summed E-state index contributed by atoms with van der Waals surface area (Å²) in [5.74, 6) is 1.16. The van der Waals surface area contributed by atoms with Crippen molar-refractivity contribution in [1.29, 1.82) is 0 Å². The molecule has 0 aromatic heterocycles. The first kappa shape index (κ1) is 26.9. The summed E-state index contributed by atoms with van der Waals surface area (Å²) in [6, 6.07) is 29.6. The zero-order valence-electron chi connectivity index (χ0n) is 22.2. The molecule has 0 saturated carbocycles. The number of sulfonamides is 1. The lowest BCUT2D eigenvalue weighted by molar-refractivity contribution is 0.529. The molecule has 1 atom stereocenters. The van der Waals surface area contributed by atoms with Crippen LogP contribution in [0.2, 0.25) is 0 Å². The summed E-state index contributed by atoms with van der Waals surface area (Å²) in [5.41, 5.74) is 3.35. The molecule has 1 aliphatic heterocycles. The van der Waals surface area contributed by atoms with Crippen LogP contribution in [0.5, 0.6) is 5.75 Å². The highest BCUT2D eigenvalue weighted by atomic mass is 32.2. The summed E-state index contributed by atoms with van der Waals surface area (Å²) in [4.78, 5) is 2.08. The second-order valence-corrected chi connectivity index (χ2v) is 14.3. The molecule has 0 radical (unpaired) electrons. The second-order valence-electron chi connectivity index (χ2n) is 10.1. The summed E-state index contributed by atoms with van der Waals surface area (Å²) in [6.07, 6.45) is 0. The largest absolute Gasteiger partial charge is 0.448 e. The smallest absolute Gasteiger partial charge is 0.284 e. The number of benzene rings is 4. The van der Waals surface area contributed by atoms with Gasteiger partial charge in [-0.3, -0.25) is 0 Å². The third kappa shape index (κ3) is 5.05. The van der Waals surface area contributed by atoms with Crippen molar-refractivity contribution in [2.24, 2.45) is 4.15 Å². The van der Waals surface area contributed by atoms with Crippen LogP contribution in [0.15, 0.2) is 124 Å². The van der Waals surface area contributed by atoms with Gasteiger partial charge in [-0.2, -0.15) is 8.42 Å².